The molecule has 0 radical (unpaired) electrons. The molecule has 5 heteroatoms. The van der Waals surface area contributed by atoms with E-state index in [1.165, 1.54) is 11.3 Å². The fraction of sp³-hybridized carbons (Fsp3) is 0.0625. The van der Waals surface area contributed by atoms with Crippen molar-refractivity contribution in [3.63, 3.8) is 0 Å². The summed E-state index contributed by atoms with van der Waals surface area (Å²) in [6.45, 7) is 0.528. The van der Waals surface area contributed by atoms with Crippen molar-refractivity contribution in [3.8, 4) is 11.3 Å². The van der Waals surface area contributed by atoms with E-state index in [0.29, 0.717) is 17.3 Å². The van der Waals surface area contributed by atoms with Gasteiger partial charge in [0.25, 0.3) is 0 Å². The predicted octanol–water partition coefficient (Wildman–Crippen LogP) is 3.86. The van der Waals surface area contributed by atoms with E-state index in [9.17, 15) is 4.79 Å². The molecule has 2 N–H and O–H groups in total. The van der Waals surface area contributed by atoms with Gasteiger partial charge in [-0.3, -0.25) is 9.36 Å². The molecule has 2 aromatic carbocycles. The third-order valence-electron chi connectivity index (χ3n) is 3.24. The van der Waals surface area contributed by atoms with Gasteiger partial charge in [0, 0.05) is 16.1 Å². The molecule has 0 amide bonds. The molecule has 1 aromatic heterocycles. The van der Waals surface area contributed by atoms with E-state index in [2.05, 4.69) is 0 Å². The molecular formula is C16H13ClN2OS. The lowest BCUT2D eigenvalue weighted by Gasteiger charge is -2.08. The number of aromatic nitrogens is 1. The van der Waals surface area contributed by atoms with Gasteiger partial charge in [0.05, 0.1) is 12.2 Å². The SMILES string of the molecule is Nc1ccc(Cn2c(-c3ccc(Cl)cc3)csc2=O)cc1. The molecule has 106 valence electrons. The topological polar surface area (TPSA) is 48.0 Å². The summed E-state index contributed by atoms with van der Waals surface area (Å²) in [5.41, 5.74) is 9.33. The highest BCUT2D eigenvalue weighted by atomic mass is 35.5. The molecule has 0 aliphatic heterocycles. The lowest BCUT2D eigenvalue weighted by Crippen LogP contribution is -2.15. The summed E-state index contributed by atoms with van der Waals surface area (Å²) in [5.74, 6) is 0. The zero-order valence-electron chi connectivity index (χ0n) is 11.1. The maximum atomic E-state index is 12.1. The lowest BCUT2D eigenvalue weighted by atomic mass is 10.1. The van der Waals surface area contributed by atoms with Crippen molar-refractivity contribution in [2.45, 2.75) is 6.54 Å². The average molecular weight is 317 g/mol. The van der Waals surface area contributed by atoms with Crippen molar-refractivity contribution in [3.05, 3.63) is 74.2 Å². The van der Waals surface area contributed by atoms with Gasteiger partial charge in [-0.1, -0.05) is 47.2 Å². The highest BCUT2D eigenvalue weighted by molar-refractivity contribution is 7.07. The number of thiazole rings is 1. The van der Waals surface area contributed by atoms with Crippen LogP contribution in [0.5, 0.6) is 0 Å². The molecule has 21 heavy (non-hydrogen) atoms. The second-order valence-electron chi connectivity index (χ2n) is 4.72. The molecule has 0 fully saturated rings. The fourth-order valence-electron chi connectivity index (χ4n) is 2.13. The number of hydrogen-bond donors (Lipinski definition) is 1. The number of nitrogens with two attached hydrogens (primary N) is 1. The van der Waals surface area contributed by atoms with Crippen LogP contribution in [0.4, 0.5) is 5.69 Å². The van der Waals surface area contributed by atoms with Crippen molar-refractivity contribution >= 4 is 28.6 Å². The van der Waals surface area contributed by atoms with E-state index in [4.69, 9.17) is 17.3 Å². The number of anilines is 1. The smallest absolute Gasteiger partial charge is 0.307 e. The molecule has 0 aliphatic carbocycles. The average Bonchev–Trinajstić information content (AvgIpc) is 2.84. The molecule has 0 saturated heterocycles. The fourth-order valence-corrected chi connectivity index (χ4v) is 3.02. The molecule has 1 heterocycles. The monoisotopic (exact) mass is 316 g/mol. The number of nitrogens with zero attached hydrogens (tertiary/aromatic N) is 1. The summed E-state index contributed by atoms with van der Waals surface area (Å²) in [7, 11) is 0. The number of hydrogen-bond acceptors (Lipinski definition) is 3. The first-order valence-electron chi connectivity index (χ1n) is 6.42. The summed E-state index contributed by atoms with van der Waals surface area (Å²) in [5, 5.41) is 2.56. The molecule has 0 saturated carbocycles. The lowest BCUT2D eigenvalue weighted by molar-refractivity contribution is 0.792. The normalized spacial score (nSPS) is 10.7. The Kier molecular flexibility index (Phi) is 3.82. The maximum absolute atomic E-state index is 12.1. The van der Waals surface area contributed by atoms with Crippen LogP contribution in [0.2, 0.25) is 5.02 Å². The van der Waals surface area contributed by atoms with Crippen LogP contribution in [0, 0.1) is 0 Å². The van der Waals surface area contributed by atoms with Gasteiger partial charge in [-0.25, -0.2) is 0 Å². The van der Waals surface area contributed by atoms with Crippen molar-refractivity contribution in [2.75, 3.05) is 5.73 Å². The van der Waals surface area contributed by atoms with Gasteiger partial charge in [-0.05, 0) is 35.4 Å². The van der Waals surface area contributed by atoms with Gasteiger partial charge in [-0.2, -0.15) is 0 Å². The first kappa shape index (κ1) is 13.9. The van der Waals surface area contributed by atoms with Gasteiger partial charge in [0.1, 0.15) is 0 Å². The summed E-state index contributed by atoms with van der Waals surface area (Å²) in [6.07, 6.45) is 0. The molecule has 3 nitrogen and oxygen atoms in total. The molecule has 0 aliphatic rings. The predicted molar refractivity (Wildman–Crippen MR) is 89.0 cm³/mol. The van der Waals surface area contributed by atoms with E-state index in [-0.39, 0.29) is 4.87 Å². The molecule has 3 aromatic rings. The van der Waals surface area contributed by atoms with Gasteiger partial charge in [-0.15, -0.1) is 0 Å². The minimum atomic E-state index is 0.0248. The van der Waals surface area contributed by atoms with Gasteiger partial charge < -0.3 is 5.73 Å². The first-order valence-corrected chi connectivity index (χ1v) is 7.68. The van der Waals surface area contributed by atoms with Crippen LogP contribution < -0.4 is 10.6 Å². The summed E-state index contributed by atoms with van der Waals surface area (Å²) in [4.78, 5) is 12.1. The number of benzene rings is 2. The van der Waals surface area contributed by atoms with Crippen LogP contribution in [0.1, 0.15) is 5.56 Å². The van der Waals surface area contributed by atoms with E-state index < -0.39 is 0 Å². The number of halogens is 1. The van der Waals surface area contributed by atoms with Crippen LogP contribution in [-0.4, -0.2) is 4.57 Å². The molecule has 0 atom stereocenters. The maximum Gasteiger partial charge on any atom is 0.307 e. The molecule has 0 spiro atoms. The van der Waals surface area contributed by atoms with E-state index in [0.717, 1.165) is 16.8 Å². The molecule has 3 rings (SSSR count). The summed E-state index contributed by atoms with van der Waals surface area (Å²) in [6, 6.07) is 15.0. The van der Waals surface area contributed by atoms with Gasteiger partial charge in [0.2, 0.25) is 0 Å². The molecular weight excluding hydrogens is 304 g/mol. The highest BCUT2D eigenvalue weighted by Gasteiger charge is 2.09. The Morgan fingerprint density at radius 2 is 1.71 bits per heavy atom. The van der Waals surface area contributed by atoms with Gasteiger partial charge >= 0.3 is 4.87 Å². The quantitative estimate of drug-likeness (QED) is 0.746. The van der Waals surface area contributed by atoms with Crippen LogP contribution in [0.25, 0.3) is 11.3 Å². The Labute approximate surface area is 131 Å². The Morgan fingerprint density at radius 1 is 1.05 bits per heavy atom. The van der Waals surface area contributed by atoms with Crippen LogP contribution >= 0.6 is 22.9 Å². The standard InChI is InChI=1S/C16H13ClN2OS/c17-13-5-3-12(4-6-13)15-10-21-16(20)19(15)9-11-1-7-14(18)8-2-11/h1-8,10H,9,18H2. The second kappa shape index (κ2) is 5.76. The summed E-state index contributed by atoms with van der Waals surface area (Å²) >= 11 is 7.11. The van der Waals surface area contributed by atoms with Crippen LogP contribution in [0.3, 0.4) is 0 Å². The summed E-state index contributed by atoms with van der Waals surface area (Å²) < 4.78 is 1.76. The minimum absolute atomic E-state index is 0.0248. The van der Waals surface area contributed by atoms with Gasteiger partial charge in [0.15, 0.2) is 0 Å². The zero-order chi connectivity index (χ0) is 14.8. The molecule has 0 bridgehead atoms. The van der Waals surface area contributed by atoms with Crippen LogP contribution in [0.15, 0.2) is 58.7 Å². The van der Waals surface area contributed by atoms with Crippen molar-refractivity contribution < 1.29 is 0 Å². The van der Waals surface area contributed by atoms with Crippen molar-refractivity contribution in [1.29, 1.82) is 0 Å². The van der Waals surface area contributed by atoms with E-state index >= 15 is 0 Å². The third kappa shape index (κ3) is 3.01. The number of rotatable bonds is 3. The van der Waals surface area contributed by atoms with Crippen molar-refractivity contribution in [2.24, 2.45) is 0 Å². The number of nitrogen functional groups attached to an aromatic ring is 1. The van der Waals surface area contributed by atoms with E-state index in [1.54, 1.807) is 4.57 Å². The van der Waals surface area contributed by atoms with Crippen molar-refractivity contribution in [1.82, 2.24) is 4.57 Å². The Morgan fingerprint density at radius 3 is 2.38 bits per heavy atom. The Balaban J connectivity index is 1.99. The van der Waals surface area contributed by atoms with Crippen LogP contribution in [-0.2, 0) is 6.54 Å². The minimum Gasteiger partial charge on any atom is -0.399 e. The third-order valence-corrected chi connectivity index (χ3v) is 4.26. The molecule has 0 unspecified atom stereocenters. The zero-order valence-corrected chi connectivity index (χ0v) is 12.7. The Bertz CT molecular complexity index is 804. The van der Waals surface area contributed by atoms with E-state index in [1.807, 2.05) is 53.9 Å². The first-order chi connectivity index (χ1) is 10.1. The highest BCUT2D eigenvalue weighted by Crippen LogP contribution is 2.23. The largest absolute Gasteiger partial charge is 0.399 e. The Hall–Kier alpha value is -2.04. The second-order valence-corrected chi connectivity index (χ2v) is 5.98.